The standard InChI is InChI=1S/C28H35N5O/c1-5-6-7-19(2)27(33-17-25(18-33)23-10-8-22(16-29)9-11-23)26-20(3)30-28(31-26)24-12-14-32(15-13-24)21(4)34/h6-11,24-25H,5,12-15,17-18H2,1-4H3,(H,30,31)/b7-6-,27-19-. The number of carbonyl (C=O) groups is 1. The molecule has 1 amide bonds. The number of carbonyl (C=O) groups excluding carboxylic acids is 1. The summed E-state index contributed by atoms with van der Waals surface area (Å²) in [7, 11) is 0. The molecule has 2 saturated heterocycles. The van der Waals surface area contributed by atoms with Gasteiger partial charge in [-0.15, -0.1) is 0 Å². The fourth-order valence-electron chi connectivity index (χ4n) is 5.04. The quantitative estimate of drug-likeness (QED) is 0.612. The monoisotopic (exact) mass is 457 g/mol. The van der Waals surface area contributed by atoms with E-state index in [0.29, 0.717) is 17.4 Å². The number of aromatic nitrogens is 2. The molecule has 6 heteroatoms. The maximum Gasteiger partial charge on any atom is 0.219 e. The van der Waals surface area contributed by atoms with E-state index in [1.807, 2.05) is 17.0 Å². The van der Waals surface area contributed by atoms with E-state index < -0.39 is 0 Å². The lowest BCUT2D eigenvalue weighted by molar-refractivity contribution is -0.129. The van der Waals surface area contributed by atoms with Gasteiger partial charge in [0.05, 0.1) is 17.3 Å². The summed E-state index contributed by atoms with van der Waals surface area (Å²) in [6.07, 6.45) is 7.31. The number of likely N-dealkylation sites (tertiary alicyclic amines) is 2. The molecule has 1 N–H and O–H groups in total. The first-order chi connectivity index (χ1) is 16.4. The van der Waals surface area contributed by atoms with Crippen LogP contribution in [0.4, 0.5) is 0 Å². The van der Waals surface area contributed by atoms with Gasteiger partial charge < -0.3 is 14.8 Å². The van der Waals surface area contributed by atoms with Gasteiger partial charge in [0.15, 0.2) is 0 Å². The number of aryl methyl sites for hydroxylation is 1. The van der Waals surface area contributed by atoms with Crippen molar-refractivity contribution < 1.29 is 4.79 Å². The number of nitrogens with zero attached hydrogens (tertiary/aromatic N) is 4. The summed E-state index contributed by atoms with van der Waals surface area (Å²) >= 11 is 0. The molecule has 34 heavy (non-hydrogen) atoms. The summed E-state index contributed by atoms with van der Waals surface area (Å²) in [5, 5.41) is 9.07. The van der Waals surface area contributed by atoms with Crippen LogP contribution < -0.4 is 0 Å². The Morgan fingerprint density at radius 1 is 1.15 bits per heavy atom. The van der Waals surface area contributed by atoms with E-state index in [1.165, 1.54) is 16.8 Å². The number of allylic oxidation sites excluding steroid dienone is 3. The first-order valence-electron chi connectivity index (χ1n) is 12.4. The minimum absolute atomic E-state index is 0.160. The van der Waals surface area contributed by atoms with E-state index in [9.17, 15) is 4.79 Å². The number of nitrogens with one attached hydrogen (secondary N) is 1. The number of H-pyrrole nitrogens is 1. The zero-order valence-corrected chi connectivity index (χ0v) is 20.8. The number of benzene rings is 1. The molecule has 3 heterocycles. The van der Waals surface area contributed by atoms with Crippen molar-refractivity contribution >= 4 is 11.6 Å². The normalized spacial score (nSPS) is 18.1. The number of rotatable bonds is 6. The van der Waals surface area contributed by atoms with E-state index >= 15 is 0 Å². The number of imidazole rings is 1. The van der Waals surface area contributed by atoms with Crippen molar-refractivity contribution in [1.82, 2.24) is 19.8 Å². The molecule has 0 bridgehead atoms. The molecule has 2 aromatic rings. The van der Waals surface area contributed by atoms with Crippen molar-refractivity contribution in [1.29, 1.82) is 5.26 Å². The molecule has 2 aliphatic heterocycles. The highest BCUT2D eigenvalue weighted by molar-refractivity contribution is 5.73. The van der Waals surface area contributed by atoms with Crippen LogP contribution in [0.5, 0.6) is 0 Å². The fraction of sp³-hybridized carbons (Fsp3) is 0.464. The number of aromatic amines is 1. The predicted octanol–water partition coefficient (Wildman–Crippen LogP) is 5.11. The van der Waals surface area contributed by atoms with Gasteiger partial charge in [-0.25, -0.2) is 4.98 Å². The third-order valence-electron chi connectivity index (χ3n) is 7.14. The average Bonchev–Trinajstić information content (AvgIpc) is 3.20. The predicted molar refractivity (Wildman–Crippen MR) is 135 cm³/mol. The lowest BCUT2D eigenvalue weighted by Gasteiger charge is -2.43. The van der Waals surface area contributed by atoms with Crippen LogP contribution in [0.1, 0.15) is 80.2 Å². The fourth-order valence-corrected chi connectivity index (χ4v) is 5.04. The Balaban J connectivity index is 1.55. The van der Waals surface area contributed by atoms with Gasteiger partial charge in [0.1, 0.15) is 11.5 Å². The SMILES string of the molecule is CC/C=C\C(C)=C(\c1nc(C2CCN(C(C)=O)CC2)[nH]c1C)N1CC(c2ccc(C#N)cc2)C1. The lowest BCUT2D eigenvalue weighted by Crippen LogP contribution is -2.44. The molecule has 1 aromatic heterocycles. The van der Waals surface area contributed by atoms with Crippen molar-refractivity contribution in [2.75, 3.05) is 26.2 Å². The van der Waals surface area contributed by atoms with Crippen LogP contribution in [-0.4, -0.2) is 51.9 Å². The number of amides is 1. The third kappa shape index (κ3) is 4.94. The topological polar surface area (TPSA) is 76.0 Å². The Morgan fingerprint density at radius 3 is 2.41 bits per heavy atom. The van der Waals surface area contributed by atoms with Gasteiger partial charge >= 0.3 is 0 Å². The molecule has 0 spiro atoms. The van der Waals surface area contributed by atoms with Gasteiger partial charge in [-0.3, -0.25) is 4.79 Å². The number of hydrogen-bond donors (Lipinski definition) is 1. The van der Waals surface area contributed by atoms with Crippen LogP contribution in [0.25, 0.3) is 5.70 Å². The summed E-state index contributed by atoms with van der Waals surface area (Å²) < 4.78 is 0. The molecule has 0 atom stereocenters. The Bertz CT molecular complexity index is 1120. The van der Waals surface area contributed by atoms with Gasteiger partial charge in [-0.1, -0.05) is 31.2 Å². The highest BCUT2D eigenvalue weighted by Crippen LogP contribution is 2.37. The van der Waals surface area contributed by atoms with Gasteiger partial charge in [0.2, 0.25) is 5.91 Å². The third-order valence-corrected chi connectivity index (χ3v) is 7.14. The molecule has 2 aliphatic rings. The summed E-state index contributed by atoms with van der Waals surface area (Å²) in [5.41, 5.74) is 6.57. The van der Waals surface area contributed by atoms with Crippen LogP contribution in [0.2, 0.25) is 0 Å². The second kappa shape index (κ2) is 10.3. The molecular weight excluding hydrogens is 422 g/mol. The smallest absolute Gasteiger partial charge is 0.219 e. The van der Waals surface area contributed by atoms with Crippen molar-refractivity contribution in [2.45, 2.75) is 58.8 Å². The van der Waals surface area contributed by atoms with E-state index in [2.05, 4.69) is 61.0 Å². The molecule has 178 valence electrons. The van der Waals surface area contributed by atoms with Crippen LogP contribution in [0.15, 0.2) is 42.0 Å². The van der Waals surface area contributed by atoms with Gasteiger partial charge in [-0.2, -0.15) is 5.26 Å². The summed E-state index contributed by atoms with van der Waals surface area (Å²) in [6, 6.07) is 10.2. The molecule has 0 unspecified atom stereocenters. The zero-order valence-electron chi connectivity index (χ0n) is 20.8. The number of piperidine rings is 1. The van der Waals surface area contributed by atoms with E-state index in [1.54, 1.807) is 6.92 Å². The number of nitriles is 1. The van der Waals surface area contributed by atoms with Gasteiger partial charge in [0, 0.05) is 50.6 Å². The maximum atomic E-state index is 11.7. The molecule has 0 saturated carbocycles. The van der Waals surface area contributed by atoms with Crippen molar-refractivity contribution in [3.63, 3.8) is 0 Å². The minimum Gasteiger partial charge on any atom is -0.368 e. The van der Waals surface area contributed by atoms with E-state index in [-0.39, 0.29) is 5.91 Å². The van der Waals surface area contributed by atoms with E-state index in [4.69, 9.17) is 10.2 Å². The van der Waals surface area contributed by atoms with E-state index in [0.717, 1.165) is 62.7 Å². The average molecular weight is 458 g/mol. The first-order valence-corrected chi connectivity index (χ1v) is 12.4. The Hall–Kier alpha value is -3.33. The highest BCUT2D eigenvalue weighted by Gasteiger charge is 2.33. The second-order valence-electron chi connectivity index (χ2n) is 9.55. The zero-order chi connectivity index (χ0) is 24.2. The minimum atomic E-state index is 0.160. The molecule has 2 fully saturated rings. The molecule has 6 nitrogen and oxygen atoms in total. The Kier molecular flexibility index (Phi) is 7.21. The van der Waals surface area contributed by atoms with Gasteiger partial charge in [-0.05, 0) is 56.4 Å². The second-order valence-corrected chi connectivity index (χ2v) is 9.55. The summed E-state index contributed by atoms with van der Waals surface area (Å²) in [4.78, 5) is 24.8. The maximum absolute atomic E-state index is 11.7. The van der Waals surface area contributed by atoms with Crippen molar-refractivity contribution in [3.05, 3.63) is 70.3 Å². The highest BCUT2D eigenvalue weighted by atomic mass is 16.2. The van der Waals surface area contributed by atoms with Crippen molar-refractivity contribution in [3.8, 4) is 6.07 Å². The molecular formula is C28H35N5O. The Morgan fingerprint density at radius 2 is 1.82 bits per heavy atom. The van der Waals surface area contributed by atoms with Crippen LogP contribution in [0.3, 0.4) is 0 Å². The largest absolute Gasteiger partial charge is 0.368 e. The summed E-state index contributed by atoms with van der Waals surface area (Å²) in [6.45, 7) is 11.6. The van der Waals surface area contributed by atoms with Crippen molar-refractivity contribution in [2.24, 2.45) is 0 Å². The molecule has 4 rings (SSSR count). The molecule has 1 aromatic carbocycles. The van der Waals surface area contributed by atoms with Crippen LogP contribution >= 0.6 is 0 Å². The van der Waals surface area contributed by atoms with Crippen LogP contribution in [0, 0.1) is 18.3 Å². The first kappa shape index (κ1) is 23.8. The summed E-state index contributed by atoms with van der Waals surface area (Å²) in [5.74, 6) is 2.02. The molecule has 0 aliphatic carbocycles. The lowest BCUT2D eigenvalue weighted by atomic mass is 9.89. The van der Waals surface area contributed by atoms with Crippen LogP contribution in [-0.2, 0) is 4.79 Å². The van der Waals surface area contributed by atoms with Gasteiger partial charge in [0.25, 0.3) is 0 Å². The Labute approximate surface area is 203 Å². The molecule has 0 radical (unpaired) electrons. The number of hydrogen-bond acceptors (Lipinski definition) is 4.